The van der Waals surface area contributed by atoms with E-state index in [0.717, 1.165) is 17.1 Å². The average Bonchev–Trinajstić information content (AvgIpc) is 3.00. The Morgan fingerprint density at radius 2 is 2.04 bits per heavy atom. The first-order valence-corrected chi connectivity index (χ1v) is 10.2. The molecule has 1 amide bonds. The van der Waals surface area contributed by atoms with Crippen LogP contribution in [0, 0.1) is 0 Å². The lowest BCUT2D eigenvalue weighted by Crippen LogP contribution is -2.59. The largest absolute Gasteiger partial charge is 0.336 e. The number of aromatic nitrogens is 1. The first-order valence-electron chi connectivity index (χ1n) is 7.75. The lowest BCUT2D eigenvalue weighted by Gasteiger charge is -2.38. The fraction of sp³-hybridized carbons (Fsp3) is 0.375. The second kappa shape index (κ2) is 7.00. The van der Waals surface area contributed by atoms with Crippen LogP contribution in [0.5, 0.6) is 0 Å². The minimum absolute atomic E-state index is 0.130. The van der Waals surface area contributed by atoms with Gasteiger partial charge in [-0.1, -0.05) is 25.1 Å². The van der Waals surface area contributed by atoms with Gasteiger partial charge in [-0.2, -0.15) is 0 Å². The monoisotopic (exact) mass is 365 g/mol. The molecule has 0 unspecified atom stereocenters. The van der Waals surface area contributed by atoms with Crippen molar-refractivity contribution in [2.24, 2.45) is 0 Å². The quantitative estimate of drug-likeness (QED) is 0.844. The molecule has 0 radical (unpaired) electrons. The lowest BCUT2D eigenvalue weighted by atomic mass is 10.1. The van der Waals surface area contributed by atoms with Gasteiger partial charge in [0.05, 0.1) is 17.2 Å². The third-order valence-electron chi connectivity index (χ3n) is 3.95. The Labute approximate surface area is 145 Å². The van der Waals surface area contributed by atoms with Gasteiger partial charge in [0.2, 0.25) is 10.0 Å². The Morgan fingerprint density at radius 3 is 2.67 bits per heavy atom. The van der Waals surface area contributed by atoms with E-state index in [0.29, 0.717) is 5.56 Å². The highest BCUT2D eigenvalue weighted by molar-refractivity contribution is 7.90. The first kappa shape index (κ1) is 17.1. The van der Waals surface area contributed by atoms with Gasteiger partial charge in [-0.3, -0.25) is 4.79 Å². The van der Waals surface area contributed by atoms with Gasteiger partial charge in [-0.25, -0.2) is 18.1 Å². The van der Waals surface area contributed by atoms with Gasteiger partial charge >= 0.3 is 0 Å². The van der Waals surface area contributed by atoms with Crippen LogP contribution in [0.15, 0.2) is 35.7 Å². The van der Waals surface area contributed by atoms with Crippen molar-refractivity contribution < 1.29 is 13.2 Å². The van der Waals surface area contributed by atoms with Gasteiger partial charge in [0.1, 0.15) is 5.25 Å². The van der Waals surface area contributed by atoms with Crippen LogP contribution in [0.4, 0.5) is 0 Å². The number of hydrogen-bond acceptors (Lipinski definition) is 5. The number of carbonyl (C=O) groups excluding carboxylic acids is 1. The molecule has 128 valence electrons. The van der Waals surface area contributed by atoms with E-state index in [9.17, 15) is 13.2 Å². The smallest absolute Gasteiger partial charge is 0.253 e. The van der Waals surface area contributed by atoms with E-state index in [1.807, 2.05) is 18.4 Å². The average molecular weight is 365 g/mol. The Hall–Kier alpha value is -1.77. The SMILES string of the molecule is CCc1nc(CNS(=O)(=O)C2CN(C(=O)c3ccccc3)C2)cs1. The summed E-state index contributed by atoms with van der Waals surface area (Å²) in [5.41, 5.74) is 1.31. The summed E-state index contributed by atoms with van der Waals surface area (Å²) in [6, 6.07) is 8.89. The molecule has 24 heavy (non-hydrogen) atoms. The Bertz CT molecular complexity index is 812. The molecule has 1 N–H and O–H groups in total. The molecule has 2 heterocycles. The van der Waals surface area contributed by atoms with Crippen LogP contribution in [-0.4, -0.2) is 42.5 Å². The number of benzene rings is 1. The van der Waals surface area contributed by atoms with Crippen molar-refractivity contribution in [1.82, 2.24) is 14.6 Å². The van der Waals surface area contributed by atoms with Crippen molar-refractivity contribution in [3.05, 3.63) is 52.0 Å². The molecule has 0 bridgehead atoms. The molecule has 1 aromatic carbocycles. The Morgan fingerprint density at radius 1 is 1.33 bits per heavy atom. The minimum Gasteiger partial charge on any atom is -0.336 e. The molecule has 1 aliphatic rings. The summed E-state index contributed by atoms with van der Waals surface area (Å²) < 4.78 is 27.2. The van der Waals surface area contributed by atoms with Gasteiger partial charge in [-0.05, 0) is 18.6 Å². The summed E-state index contributed by atoms with van der Waals surface area (Å²) in [7, 11) is -3.45. The normalized spacial score (nSPS) is 15.3. The van der Waals surface area contributed by atoms with Crippen LogP contribution in [0.1, 0.15) is 28.0 Å². The van der Waals surface area contributed by atoms with Crippen LogP contribution in [0.3, 0.4) is 0 Å². The third-order valence-corrected chi connectivity index (χ3v) is 6.72. The van der Waals surface area contributed by atoms with E-state index >= 15 is 0 Å². The van der Waals surface area contributed by atoms with Crippen molar-refractivity contribution in [2.75, 3.05) is 13.1 Å². The maximum atomic E-state index is 12.3. The summed E-state index contributed by atoms with van der Waals surface area (Å²) >= 11 is 1.53. The fourth-order valence-electron chi connectivity index (χ4n) is 2.45. The molecule has 6 nitrogen and oxygen atoms in total. The molecular weight excluding hydrogens is 346 g/mol. The zero-order valence-corrected chi connectivity index (χ0v) is 14.9. The van der Waals surface area contributed by atoms with Crippen LogP contribution in [-0.2, 0) is 23.0 Å². The van der Waals surface area contributed by atoms with Gasteiger partial charge in [0.15, 0.2) is 0 Å². The van der Waals surface area contributed by atoms with Gasteiger partial charge in [0.25, 0.3) is 5.91 Å². The van der Waals surface area contributed by atoms with E-state index in [4.69, 9.17) is 0 Å². The predicted octanol–water partition coefficient (Wildman–Crippen LogP) is 1.65. The highest BCUT2D eigenvalue weighted by Gasteiger charge is 2.39. The summed E-state index contributed by atoms with van der Waals surface area (Å²) in [6.07, 6.45) is 0.844. The van der Waals surface area contributed by atoms with Crippen LogP contribution in [0.25, 0.3) is 0 Å². The molecule has 1 fully saturated rings. The topological polar surface area (TPSA) is 79.4 Å². The molecule has 0 saturated carbocycles. The molecule has 0 aliphatic carbocycles. The molecular formula is C16H19N3O3S2. The van der Waals surface area contributed by atoms with Crippen LogP contribution in [0.2, 0.25) is 0 Å². The molecule has 1 aromatic heterocycles. The van der Waals surface area contributed by atoms with Crippen molar-refractivity contribution in [3.63, 3.8) is 0 Å². The Kier molecular flexibility index (Phi) is 4.98. The van der Waals surface area contributed by atoms with Gasteiger partial charge in [-0.15, -0.1) is 11.3 Å². The highest BCUT2D eigenvalue weighted by Crippen LogP contribution is 2.19. The minimum atomic E-state index is -3.45. The molecule has 2 aromatic rings. The molecule has 0 spiro atoms. The maximum absolute atomic E-state index is 12.3. The number of nitrogens with zero attached hydrogens (tertiary/aromatic N) is 2. The van der Waals surface area contributed by atoms with E-state index in [1.165, 1.54) is 11.3 Å². The molecule has 3 rings (SSSR count). The van der Waals surface area contributed by atoms with E-state index in [1.54, 1.807) is 29.2 Å². The maximum Gasteiger partial charge on any atom is 0.253 e. The Balaban J connectivity index is 1.53. The number of likely N-dealkylation sites (tertiary alicyclic amines) is 1. The second-order valence-electron chi connectivity index (χ2n) is 5.65. The molecule has 8 heteroatoms. The third kappa shape index (κ3) is 3.66. The molecule has 1 aliphatic heterocycles. The number of carbonyl (C=O) groups is 1. The standard InChI is InChI=1S/C16H19N3O3S2/c1-2-15-18-13(11-23-15)8-17-24(21,22)14-9-19(10-14)16(20)12-6-4-3-5-7-12/h3-7,11,14,17H,2,8-10H2,1H3. The van der Waals surface area contributed by atoms with Crippen LogP contribution >= 0.6 is 11.3 Å². The second-order valence-corrected chi connectivity index (χ2v) is 8.64. The number of aryl methyl sites for hydroxylation is 1. The summed E-state index contributed by atoms with van der Waals surface area (Å²) in [5.74, 6) is -0.130. The van der Waals surface area contributed by atoms with Crippen molar-refractivity contribution in [3.8, 4) is 0 Å². The van der Waals surface area contributed by atoms with Gasteiger partial charge < -0.3 is 4.90 Å². The number of rotatable bonds is 6. The fourth-order valence-corrected chi connectivity index (χ4v) is 4.53. The number of nitrogens with one attached hydrogen (secondary N) is 1. The number of thiazole rings is 1. The zero-order valence-electron chi connectivity index (χ0n) is 13.3. The summed E-state index contributed by atoms with van der Waals surface area (Å²) in [4.78, 5) is 18.1. The van der Waals surface area contributed by atoms with Crippen LogP contribution < -0.4 is 4.72 Å². The van der Waals surface area contributed by atoms with Gasteiger partial charge in [0, 0.05) is 24.0 Å². The number of amides is 1. The summed E-state index contributed by atoms with van der Waals surface area (Å²) in [6.45, 7) is 2.65. The first-order chi connectivity index (χ1) is 11.5. The van der Waals surface area contributed by atoms with E-state index in [-0.39, 0.29) is 25.5 Å². The number of hydrogen-bond donors (Lipinski definition) is 1. The van der Waals surface area contributed by atoms with E-state index in [2.05, 4.69) is 9.71 Å². The summed E-state index contributed by atoms with van der Waals surface area (Å²) in [5, 5.41) is 2.30. The van der Waals surface area contributed by atoms with Crippen molar-refractivity contribution in [1.29, 1.82) is 0 Å². The van der Waals surface area contributed by atoms with Crippen molar-refractivity contribution in [2.45, 2.75) is 25.1 Å². The predicted molar refractivity (Wildman–Crippen MR) is 93.4 cm³/mol. The van der Waals surface area contributed by atoms with Crippen molar-refractivity contribution >= 4 is 27.3 Å². The molecule has 0 atom stereocenters. The lowest BCUT2D eigenvalue weighted by molar-refractivity contribution is 0.0658. The highest BCUT2D eigenvalue weighted by atomic mass is 32.2. The molecule has 1 saturated heterocycles. The van der Waals surface area contributed by atoms with E-state index < -0.39 is 15.3 Å². The number of sulfonamides is 1. The zero-order chi connectivity index (χ0) is 17.2.